The van der Waals surface area contributed by atoms with Gasteiger partial charge in [-0.05, 0) is 44.6 Å². The van der Waals surface area contributed by atoms with Gasteiger partial charge in [0, 0.05) is 25.5 Å². The molecule has 0 aliphatic heterocycles. The lowest BCUT2D eigenvalue weighted by atomic mass is 10.1. The van der Waals surface area contributed by atoms with Gasteiger partial charge in [0.15, 0.2) is 5.11 Å². The van der Waals surface area contributed by atoms with Crippen molar-refractivity contribution in [2.45, 2.75) is 20.8 Å². The Morgan fingerprint density at radius 1 is 1.15 bits per heavy atom. The second-order valence-electron chi connectivity index (χ2n) is 6.00. The van der Waals surface area contributed by atoms with Crippen LogP contribution in [0.4, 0.5) is 10.9 Å². The minimum absolute atomic E-state index is 0.202. The van der Waals surface area contributed by atoms with Gasteiger partial charge >= 0.3 is 5.97 Å². The van der Waals surface area contributed by atoms with E-state index in [4.69, 9.17) is 17.0 Å². The number of anilines is 2. The molecule has 27 heavy (non-hydrogen) atoms. The number of thiocarbonyl (C=S) groups is 1. The van der Waals surface area contributed by atoms with Crippen LogP contribution >= 0.6 is 23.6 Å². The molecule has 0 aromatic carbocycles. The predicted octanol–water partition coefficient (Wildman–Crippen LogP) is 2.76. The molecule has 1 amide bonds. The summed E-state index contributed by atoms with van der Waals surface area (Å²) in [5.41, 5.74) is 2.42. The number of thiophene rings is 1. The Bertz CT molecular complexity index is 888. The molecule has 2 rings (SSSR count). The number of hydrogen-bond acceptors (Lipinski definition) is 7. The lowest BCUT2D eigenvalue weighted by molar-refractivity contribution is 0.0601. The number of hydrogen-bond donors (Lipinski definition) is 2. The summed E-state index contributed by atoms with van der Waals surface area (Å²) in [6.45, 7) is 5.41. The number of aryl methyl sites for hydroxylation is 2. The van der Waals surface area contributed by atoms with E-state index in [1.807, 2.05) is 19.9 Å². The van der Waals surface area contributed by atoms with Gasteiger partial charge in [0.2, 0.25) is 5.95 Å². The van der Waals surface area contributed by atoms with E-state index in [0.29, 0.717) is 21.4 Å². The number of nitrogens with zero attached hydrogens (tertiary/aromatic N) is 3. The molecule has 0 aliphatic carbocycles. The second-order valence-corrected chi connectivity index (χ2v) is 7.43. The van der Waals surface area contributed by atoms with Gasteiger partial charge in [-0.25, -0.2) is 14.8 Å². The fourth-order valence-electron chi connectivity index (χ4n) is 2.37. The van der Waals surface area contributed by atoms with E-state index in [-0.39, 0.29) is 16.6 Å². The Morgan fingerprint density at radius 2 is 1.74 bits per heavy atom. The van der Waals surface area contributed by atoms with Crippen molar-refractivity contribution in [3.8, 4) is 0 Å². The Kier molecular flexibility index (Phi) is 6.45. The highest BCUT2D eigenvalue weighted by Crippen LogP contribution is 2.34. The maximum atomic E-state index is 12.4. The topological polar surface area (TPSA) is 96.5 Å². The zero-order chi connectivity index (χ0) is 20.3. The molecule has 0 spiro atoms. The molecule has 2 aromatic rings. The van der Waals surface area contributed by atoms with Crippen LogP contribution < -0.4 is 10.6 Å². The van der Waals surface area contributed by atoms with Crippen LogP contribution in [0.2, 0.25) is 0 Å². The molecular formula is C17H21N5O3S2. The van der Waals surface area contributed by atoms with Crippen LogP contribution in [0.15, 0.2) is 6.07 Å². The molecule has 144 valence electrons. The van der Waals surface area contributed by atoms with Crippen LogP contribution in [-0.4, -0.2) is 53.1 Å². The maximum Gasteiger partial charge on any atom is 0.341 e. The van der Waals surface area contributed by atoms with Crippen LogP contribution in [-0.2, 0) is 4.74 Å². The zero-order valence-corrected chi connectivity index (χ0v) is 17.6. The fraction of sp³-hybridized carbons (Fsp3) is 0.353. The molecule has 0 unspecified atom stereocenters. The molecule has 2 heterocycles. The molecule has 8 nitrogen and oxygen atoms in total. The van der Waals surface area contributed by atoms with E-state index >= 15 is 0 Å². The SMILES string of the molecule is COC(=O)c1c(NC(=S)Nc2nc(C)cc(C)n2)sc(C(=O)N(C)C)c1C. The van der Waals surface area contributed by atoms with Crippen molar-refractivity contribution in [1.82, 2.24) is 14.9 Å². The van der Waals surface area contributed by atoms with Gasteiger partial charge in [-0.2, -0.15) is 0 Å². The summed E-state index contributed by atoms with van der Waals surface area (Å²) in [5, 5.41) is 6.48. The number of aromatic nitrogens is 2. The van der Waals surface area contributed by atoms with Gasteiger partial charge in [0.05, 0.1) is 17.6 Å². The summed E-state index contributed by atoms with van der Waals surface area (Å²) in [4.78, 5) is 35.0. The van der Waals surface area contributed by atoms with E-state index in [9.17, 15) is 9.59 Å². The van der Waals surface area contributed by atoms with Gasteiger partial charge in [0.1, 0.15) is 5.00 Å². The van der Waals surface area contributed by atoms with E-state index in [0.717, 1.165) is 22.7 Å². The quantitative estimate of drug-likeness (QED) is 0.590. The highest BCUT2D eigenvalue weighted by molar-refractivity contribution is 7.80. The van der Waals surface area contributed by atoms with Gasteiger partial charge in [-0.15, -0.1) is 11.3 Å². The molecule has 0 radical (unpaired) electrons. The van der Waals surface area contributed by atoms with Gasteiger partial charge in [-0.1, -0.05) is 0 Å². The first-order valence-corrected chi connectivity index (χ1v) is 9.20. The van der Waals surface area contributed by atoms with Crippen molar-refractivity contribution in [3.05, 3.63) is 33.5 Å². The van der Waals surface area contributed by atoms with E-state index in [1.54, 1.807) is 21.0 Å². The number of nitrogens with one attached hydrogen (secondary N) is 2. The van der Waals surface area contributed by atoms with Crippen LogP contribution in [0, 0.1) is 20.8 Å². The molecule has 0 bridgehead atoms. The molecular weight excluding hydrogens is 386 g/mol. The van der Waals surface area contributed by atoms with E-state index in [2.05, 4.69) is 20.6 Å². The number of rotatable bonds is 4. The largest absolute Gasteiger partial charge is 0.465 e. The molecule has 0 saturated carbocycles. The normalized spacial score (nSPS) is 10.3. The monoisotopic (exact) mass is 407 g/mol. The summed E-state index contributed by atoms with van der Waals surface area (Å²) in [6.07, 6.45) is 0. The highest BCUT2D eigenvalue weighted by atomic mass is 32.1. The van der Waals surface area contributed by atoms with Crippen molar-refractivity contribution in [2.24, 2.45) is 0 Å². The van der Waals surface area contributed by atoms with Crippen molar-refractivity contribution in [3.63, 3.8) is 0 Å². The van der Waals surface area contributed by atoms with Gasteiger partial charge in [0.25, 0.3) is 5.91 Å². The third-order valence-corrected chi connectivity index (χ3v) is 4.97. The molecule has 2 N–H and O–H groups in total. The Labute approximate surface area is 167 Å². The summed E-state index contributed by atoms with van der Waals surface area (Å²) >= 11 is 6.45. The Balaban J connectivity index is 2.33. The first-order valence-electron chi connectivity index (χ1n) is 7.97. The highest BCUT2D eigenvalue weighted by Gasteiger charge is 2.26. The van der Waals surface area contributed by atoms with E-state index < -0.39 is 5.97 Å². The first-order chi connectivity index (χ1) is 12.6. The third kappa shape index (κ3) is 4.77. The third-order valence-electron chi connectivity index (χ3n) is 3.57. The molecule has 0 aliphatic rings. The summed E-state index contributed by atoms with van der Waals surface area (Å²) in [6, 6.07) is 1.85. The lowest BCUT2D eigenvalue weighted by Crippen LogP contribution is -2.21. The van der Waals surface area contributed by atoms with Crippen LogP contribution in [0.5, 0.6) is 0 Å². The minimum Gasteiger partial charge on any atom is -0.465 e. The second kappa shape index (κ2) is 8.40. The zero-order valence-electron chi connectivity index (χ0n) is 16.0. The summed E-state index contributed by atoms with van der Waals surface area (Å²) in [5.74, 6) is -0.399. The van der Waals surface area contributed by atoms with Gasteiger partial charge < -0.3 is 20.3 Å². The van der Waals surface area contributed by atoms with Crippen LogP contribution in [0.25, 0.3) is 0 Å². The van der Waals surface area contributed by atoms with Crippen molar-refractivity contribution >= 4 is 51.5 Å². The number of carbonyl (C=O) groups excluding carboxylic acids is 2. The number of amides is 1. The van der Waals surface area contributed by atoms with E-state index in [1.165, 1.54) is 12.0 Å². The summed E-state index contributed by atoms with van der Waals surface area (Å²) in [7, 11) is 4.59. The average molecular weight is 408 g/mol. The predicted molar refractivity (Wildman–Crippen MR) is 110 cm³/mol. The molecule has 10 heteroatoms. The Hall–Kier alpha value is -2.59. The molecule has 0 fully saturated rings. The lowest BCUT2D eigenvalue weighted by Gasteiger charge is -2.10. The molecule has 2 aromatic heterocycles. The van der Waals surface area contributed by atoms with Crippen LogP contribution in [0.1, 0.15) is 37.0 Å². The maximum absolute atomic E-state index is 12.4. The number of ether oxygens (including phenoxy) is 1. The van der Waals surface area contributed by atoms with Crippen molar-refractivity contribution in [2.75, 3.05) is 31.8 Å². The molecule has 0 saturated heterocycles. The number of carbonyl (C=O) groups is 2. The summed E-state index contributed by atoms with van der Waals surface area (Å²) < 4.78 is 4.86. The average Bonchev–Trinajstić information content (AvgIpc) is 2.88. The molecule has 0 atom stereocenters. The fourth-order valence-corrected chi connectivity index (χ4v) is 3.85. The van der Waals surface area contributed by atoms with Gasteiger partial charge in [-0.3, -0.25) is 4.79 Å². The smallest absolute Gasteiger partial charge is 0.341 e. The number of methoxy groups -OCH3 is 1. The Morgan fingerprint density at radius 3 is 2.26 bits per heavy atom. The first kappa shape index (κ1) is 20.7. The van der Waals surface area contributed by atoms with Crippen molar-refractivity contribution in [1.29, 1.82) is 0 Å². The van der Waals surface area contributed by atoms with Crippen molar-refractivity contribution < 1.29 is 14.3 Å². The number of esters is 1. The minimum atomic E-state index is -0.547. The standard InChI is InChI=1S/C17H21N5O3S2/c1-8-7-9(2)19-16(18-8)21-17(26)20-13-11(15(24)25-6)10(3)12(27-13)14(23)22(4)5/h7H,1-6H3,(H2,18,19,20,21,26). The van der Waals surface area contributed by atoms with Crippen LogP contribution in [0.3, 0.4) is 0 Å².